The maximum absolute atomic E-state index is 11.4. The normalized spacial score (nSPS) is 26.8. The monoisotopic (exact) mass is 180 g/mol. The Morgan fingerprint density at radius 2 is 2.23 bits per heavy atom. The van der Waals surface area contributed by atoms with Gasteiger partial charge in [-0.2, -0.15) is 0 Å². The molecule has 3 heteroatoms. The van der Waals surface area contributed by atoms with Crippen LogP contribution in [0.5, 0.6) is 0 Å². The van der Waals surface area contributed by atoms with Gasteiger partial charge in [0.25, 0.3) is 0 Å². The van der Waals surface area contributed by atoms with Crippen LogP contribution in [0.3, 0.4) is 0 Å². The van der Waals surface area contributed by atoms with Gasteiger partial charge in [-0.25, -0.2) is 0 Å². The van der Waals surface area contributed by atoms with Gasteiger partial charge in [-0.1, -0.05) is 18.7 Å². The van der Waals surface area contributed by atoms with E-state index in [4.69, 9.17) is 4.74 Å². The van der Waals surface area contributed by atoms with E-state index in [0.29, 0.717) is 5.57 Å². The first-order valence-corrected chi connectivity index (χ1v) is 3.91. The zero-order chi connectivity index (χ0) is 10.1. The van der Waals surface area contributed by atoms with Crippen molar-refractivity contribution in [1.82, 2.24) is 0 Å². The number of Topliss-reactive ketones (excluding diaryl/α,β-unsaturated/α-hetero) is 1. The van der Waals surface area contributed by atoms with E-state index in [1.807, 2.05) is 0 Å². The molecule has 0 fully saturated rings. The maximum Gasteiger partial charge on any atom is 0.205 e. The summed E-state index contributed by atoms with van der Waals surface area (Å²) in [5.74, 6) is -0.0633. The Morgan fingerprint density at radius 3 is 2.62 bits per heavy atom. The lowest BCUT2D eigenvalue weighted by molar-refractivity contribution is -0.138. The molecule has 1 unspecified atom stereocenters. The number of ketones is 1. The smallest absolute Gasteiger partial charge is 0.205 e. The summed E-state index contributed by atoms with van der Waals surface area (Å²) in [6, 6.07) is 0. The quantitative estimate of drug-likeness (QED) is 0.655. The van der Waals surface area contributed by atoms with Crippen molar-refractivity contribution in [2.45, 2.75) is 12.0 Å². The van der Waals surface area contributed by atoms with E-state index in [2.05, 4.69) is 13.2 Å². The van der Waals surface area contributed by atoms with Crippen LogP contribution in [0.2, 0.25) is 0 Å². The second-order valence-electron chi connectivity index (χ2n) is 2.83. The molecule has 0 radical (unpaired) electrons. The number of allylic oxidation sites excluding steroid dienone is 1. The fraction of sp³-hybridized carbons (Fsp3) is 0.300. The van der Waals surface area contributed by atoms with Crippen molar-refractivity contribution >= 4 is 5.78 Å². The highest BCUT2D eigenvalue weighted by molar-refractivity contribution is 6.13. The predicted octanol–water partition coefficient (Wildman–Crippen LogP) is 0.963. The van der Waals surface area contributed by atoms with E-state index in [9.17, 15) is 9.90 Å². The highest BCUT2D eigenvalue weighted by Gasteiger charge is 2.52. The van der Waals surface area contributed by atoms with Crippen LogP contribution in [0.15, 0.2) is 36.6 Å². The number of hydrogen-bond donors (Lipinski definition) is 1. The lowest BCUT2D eigenvalue weighted by atomic mass is 9.75. The Balaban J connectivity index is 3.07. The summed E-state index contributed by atoms with van der Waals surface area (Å²) >= 11 is 0. The maximum atomic E-state index is 11.4. The molecule has 13 heavy (non-hydrogen) atoms. The Bertz CT molecular complexity index is 301. The van der Waals surface area contributed by atoms with E-state index in [-0.39, 0.29) is 18.0 Å². The van der Waals surface area contributed by atoms with Crippen LogP contribution >= 0.6 is 0 Å². The molecule has 3 nitrogen and oxygen atoms in total. The molecule has 1 atom stereocenters. The molecule has 1 aliphatic carbocycles. The van der Waals surface area contributed by atoms with E-state index in [0.717, 1.165) is 0 Å². The van der Waals surface area contributed by atoms with Crippen molar-refractivity contribution in [2.75, 3.05) is 7.11 Å². The van der Waals surface area contributed by atoms with Gasteiger partial charge >= 0.3 is 0 Å². The zero-order valence-corrected chi connectivity index (χ0v) is 7.54. The molecular formula is C10H12O3. The van der Waals surface area contributed by atoms with Crippen molar-refractivity contribution in [1.29, 1.82) is 0 Å². The SMILES string of the molecule is C=CCC1(O)C(=O)C(C=C)=C1OC. The van der Waals surface area contributed by atoms with Gasteiger partial charge in [0.2, 0.25) is 5.78 Å². The summed E-state index contributed by atoms with van der Waals surface area (Å²) < 4.78 is 4.92. The average Bonchev–Trinajstić information content (AvgIpc) is 2.13. The molecule has 0 saturated carbocycles. The minimum atomic E-state index is -1.50. The fourth-order valence-corrected chi connectivity index (χ4v) is 1.45. The Kier molecular flexibility index (Phi) is 2.38. The van der Waals surface area contributed by atoms with Crippen LogP contribution in [0.4, 0.5) is 0 Å². The van der Waals surface area contributed by atoms with Gasteiger partial charge in [0, 0.05) is 6.42 Å². The third-order valence-electron chi connectivity index (χ3n) is 2.09. The van der Waals surface area contributed by atoms with Crippen LogP contribution in [0, 0.1) is 0 Å². The number of carbonyl (C=O) groups excluding carboxylic acids is 1. The summed E-state index contributed by atoms with van der Waals surface area (Å²) in [5.41, 5.74) is -1.15. The number of hydrogen-bond acceptors (Lipinski definition) is 3. The van der Waals surface area contributed by atoms with E-state index < -0.39 is 5.60 Å². The van der Waals surface area contributed by atoms with Crippen LogP contribution in [0.1, 0.15) is 6.42 Å². The van der Waals surface area contributed by atoms with Crippen LogP contribution in [0.25, 0.3) is 0 Å². The summed E-state index contributed by atoms with van der Waals surface area (Å²) in [5, 5.41) is 9.79. The number of methoxy groups -OCH3 is 1. The van der Waals surface area contributed by atoms with Gasteiger partial charge in [-0.3, -0.25) is 4.79 Å². The van der Waals surface area contributed by atoms with Gasteiger partial charge in [0.05, 0.1) is 12.7 Å². The molecule has 0 heterocycles. The molecule has 0 amide bonds. The largest absolute Gasteiger partial charge is 0.497 e. The van der Waals surface area contributed by atoms with Crippen molar-refractivity contribution < 1.29 is 14.6 Å². The average molecular weight is 180 g/mol. The van der Waals surface area contributed by atoms with Gasteiger partial charge in [0.1, 0.15) is 5.76 Å². The van der Waals surface area contributed by atoms with E-state index in [1.54, 1.807) is 0 Å². The van der Waals surface area contributed by atoms with Crippen LogP contribution < -0.4 is 0 Å². The molecule has 0 aliphatic heterocycles. The number of carbonyl (C=O) groups is 1. The van der Waals surface area contributed by atoms with Crippen molar-refractivity contribution in [3.8, 4) is 0 Å². The van der Waals surface area contributed by atoms with Gasteiger partial charge in [-0.05, 0) is 0 Å². The highest BCUT2D eigenvalue weighted by atomic mass is 16.5. The number of ether oxygens (including phenoxy) is 1. The molecule has 70 valence electrons. The lowest BCUT2D eigenvalue weighted by Crippen LogP contribution is -2.50. The Hall–Kier alpha value is -1.35. The molecule has 0 aromatic rings. The van der Waals surface area contributed by atoms with Gasteiger partial charge in [-0.15, -0.1) is 6.58 Å². The predicted molar refractivity (Wildman–Crippen MR) is 49.0 cm³/mol. The molecular weight excluding hydrogens is 168 g/mol. The topological polar surface area (TPSA) is 46.5 Å². The molecule has 1 aliphatic rings. The van der Waals surface area contributed by atoms with E-state index in [1.165, 1.54) is 19.3 Å². The summed E-state index contributed by atoms with van der Waals surface area (Å²) in [4.78, 5) is 11.4. The second kappa shape index (κ2) is 3.18. The molecule has 0 bridgehead atoms. The minimum Gasteiger partial charge on any atom is -0.497 e. The van der Waals surface area contributed by atoms with Gasteiger partial charge in [0.15, 0.2) is 5.60 Å². The number of rotatable bonds is 4. The fourth-order valence-electron chi connectivity index (χ4n) is 1.45. The summed E-state index contributed by atoms with van der Waals surface area (Å²) in [6.45, 7) is 6.93. The van der Waals surface area contributed by atoms with Crippen molar-refractivity contribution in [2.24, 2.45) is 0 Å². The summed E-state index contributed by atoms with van der Waals surface area (Å²) in [6.07, 6.45) is 3.04. The molecule has 0 aromatic heterocycles. The zero-order valence-electron chi connectivity index (χ0n) is 7.54. The van der Waals surface area contributed by atoms with Crippen molar-refractivity contribution in [3.63, 3.8) is 0 Å². The molecule has 1 rings (SSSR count). The first-order chi connectivity index (χ1) is 6.11. The minimum absolute atomic E-state index is 0.173. The van der Waals surface area contributed by atoms with Crippen molar-refractivity contribution in [3.05, 3.63) is 36.6 Å². The Labute approximate surface area is 77.0 Å². The van der Waals surface area contributed by atoms with Gasteiger partial charge < -0.3 is 9.84 Å². The molecule has 0 aromatic carbocycles. The molecule has 0 spiro atoms. The standard InChI is InChI=1S/C10H12O3/c1-4-6-10(12)8(11)7(5-2)9(10)13-3/h4-5,12H,1-2,6H2,3H3. The third kappa shape index (κ3) is 1.12. The third-order valence-corrected chi connectivity index (χ3v) is 2.09. The lowest BCUT2D eigenvalue weighted by Gasteiger charge is -2.36. The summed E-state index contributed by atoms with van der Waals surface area (Å²) in [7, 11) is 1.42. The number of aliphatic hydroxyl groups is 1. The van der Waals surface area contributed by atoms with Crippen LogP contribution in [-0.4, -0.2) is 23.6 Å². The second-order valence-corrected chi connectivity index (χ2v) is 2.83. The highest BCUT2D eigenvalue weighted by Crippen LogP contribution is 2.38. The molecule has 0 saturated heterocycles. The van der Waals surface area contributed by atoms with Crippen LogP contribution in [-0.2, 0) is 9.53 Å². The first-order valence-electron chi connectivity index (χ1n) is 3.91. The van der Waals surface area contributed by atoms with E-state index >= 15 is 0 Å². The first kappa shape index (κ1) is 9.74. The molecule has 1 N–H and O–H groups in total. The Morgan fingerprint density at radius 1 is 1.62 bits per heavy atom.